The number of hydrogen-bond acceptors (Lipinski definition) is 2. The molecule has 13 heavy (non-hydrogen) atoms. The monoisotopic (exact) mass is 179 g/mol. The molecule has 2 atom stereocenters. The van der Waals surface area contributed by atoms with E-state index < -0.39 is 0 Å². The first kappa shape index (κ1) is 10.2. The summed E-state index contributed by atoms with van der Waals surface area (Å²) in [6.45, 7) is 11.3. The van der Waals surface area contributed by atoms with E-state index in [-0.39, 0.29) is 12.2 Å². The summed E-state index contributed by atoms with van der Waals surface area (Å²) in [5.41, 5.74) is 1.09. The molecule has 1 heterocycles. The number of ether oxygens (including phenoxy) is 1. The van der Waals surface area contributed by atoms with Gasteiger partial charge in [0.1, 0.15) is 0 Å². The van der Waals surface area contributed by atoms with Crippen LogP contribution in [-0.4, -0.2) is 25.3 Å². The van der Waals surface area contributed by atoms with Gasteiger partial charge in [0.05, 0.1) is 12.2 Å². The van der Waals surface area contributed by atoms with E-state index in [9.17, 15) is 0 Å². The van der Waals surface area contributed by atoms with Gasteiger partial charge in [-0.25, -0.2) is 0 Å². The molecule has 0 radical (unpaired) electrons. The van der Waals surface area contributed by atoms with Gasteiger partial charge in [-0.2, -0.15) is 0 Å². The van der Waals surface area contributed by atoms with Crippen molar-refractivity contribution in [2.24, 2.45) is 0 Å². The lowest BCUT2D eigenvalue weighted by atomic mass is 10.1. The van der Waals surface area contributed by atoms with Crippen molar-refractivity contribution >= 4 is 0 Å². The Labute approximate surface area is 80.0 Å². The van der Waals surface area contributed by atoms with E-state index in [1.165, 1.54) is 0 Å². The highest BCUT2D eigenvalue weighted by atomic mass is 16.5. The molecule has 0 aromatic rings. The van der Waals surface area contributed by atoms with Gasteiger partial charge in [0.25, 0.3) is 0 Å². The van der Waals surface area contributed by atoms with Crippen molar-refractivity contribution in [3.63, 3.8) is 0 Å². The molecule has 1 fully saturated rings. The number of morpholine rings is 1. The zero-order valence-electron chi connectivity index (χ0n) is 8.12. The van der Waals surface area contributed by atoms with Crippen molar-refractivity contribution in [3.05, 3.63) is 37.0 Å². The van der Waals surface area contributed by atoms with E-state index in [0.29, 0.717) is 0 Å². The summed E-state index contributed by atoms with van der Waals surface area (Å²) >= 11 is 0. The molecular formula is C11H17NO. The molecule has 0 aromatic heterocycles. The molecule has 1 saturated heterocycles. The number of hydrogen-bond donors (Lipinski definition) is 1. The first-order valence-corrected chi connectivity index (χ1v) is 4.59. The second-order valence-corrected chi connectivity index (χ2v) is 3.20. The Bertz CT molecular complexity index is 220. The van der Waals surface area contributed by atoms with Gasteiger partial charge < -0.3 is 10.1 Å². The molecule has 0 aromatic carbocycles. The predicted octanol–water partition coefficient (Wildman–Crippen LogP) is 1.66. The summed E-state index contributed by atoms with van der Waals surface area (Å²) in [7, 11) is 0. The molecule has 0 bridgehead atoms. The van der Waals surface area contributed by atoms with Crippen molar-refractivity contribution in [1.82, 2.24) is 5.32 Å². The van der Waals surface area contributed by atoms with Gasteiger partial charge in [-0.15, -0.1) is 0 Å². The maximum Gasteiger partial charge on any atom is 0.0953 e. The number of allylic oxidation sites excluding steroid dienone is 2. The molecule has 0 spiro atoms. The Kier molecular flexibility index (Phi) is 3.93. The number of rotatable bonds is 3. The summed E-state index contributed by atoms with van der Waals surface area (Å²) in [6, 6.07) is 0. The molecular weight excluding hydrogens is 162 g/mol. The standard InChI is InChI=1S/C11H17NO/c1-4-6-10(5-2)11-8-12-7-9(3)13-11/h4-6,9,11-12H,1-2,7-8H2,3H3. The van der Waals surface area contributed by atoms with Crippen molar-refractivity contribution in [2.45, 2.75) is 19.1 Å². The lowest BCUT2D eigenvalue weighted by molar-refractivity contribution is -0.00566. The van der Waals surface area contributed by atoms with Gasteiger partial charge >= 0.3 is 0 Å². The van der Waals surface area contributed by atoms with Crippen molar-refractivity contribution in [1.29, 1.82) is 0 Å². The van der Waals surface area contributed by atoms with Gasteiger partial charge in [-0.3, -0.25) is 0 Å². The van der Waals surface area contributed by atoms with Crippen LogP contribution in [0.5, 0.6) is 0 Å². The lowest BCUT2D eigenvalue weighted by Gasteiger charge is -2.29. The minimum absolute atomic E-state index is 0.124. The Morgan fingerprint density at radius 3 is 2.77 bits per heavy atom. The van der Waals surface area contributed by atoms with Crippen LogP contribution in [0.3, 0.4) is 0 Å². The van der Waals surface area contributed by atoms with Crippen molar-refractivity contribution in [2.75, 3.05) is 13.1 Å². The molecule has 72 valence electrons. The normalized spacial score (nSPS) is 29.8. The van der Waals surface area contributed by atoms with Crippen LogP contribution in [0.4, 0.5) is 0 Å². The zero-order valence-corrected chi connectivity index (χ0v) is 8.12. The molecule has 0 amide bonds. The highest BCUT2D eigenvalue weighted by molar-refractivity contribution is 5.26. The Morgan fingerprint density at radius 2 is 2.23 bits per heavy atom. The van der Waals surface area contributed by atoms with Crippen molar-refractivity contribution in [3.8, 4) is 0 Å². The van der Waals surface area contributed by atoms with E-state index >= 15 is 0 Å². The smallest absolute Gasteiger partial charge is 0.0953 e. The Morgan fingerprint density at radius 1 is 1.46 bits per heavy atom. The molecule has 2 nitrogen and oxygen atoms in total. The van der Waals surface area contributed by atoms with Gasteiger partial charge in [0.15, 0.2) is 0 Å². The van der Waals surface area contributed by atoms with Crippen LogP contribution in [0.2, 0.25) is 0 Å². The van der Waals surface area contributed by atoms with Gasteiger partial charge in [-0.05, 0) is 12.5 Å². The van der Waals surface area contributed by atoms with Gasteiger partial charge in [0.2, 0.25) is 0 Å². The molecule has 1 aliphatic rings. The lowest BCUT2D eigenvalue weighted by Crippen LogP contribution is -2.43. The quantitative estimate of drug-likeness (QED) is 0.665. The van der Waals surface area contributed by atoms with Crippen LogP contribution in [0.25, 0.3) is 0 Å². The van der Waals surface area contributed by atoms with E-state index in [2.05, 4.69) is 25.4 Å². The summed E-state index contributed by atoms with van der Waals surface area (Å²) < 4.78 is 5.74. The fraction of sp³-hybridized carbons (Fsp3) is 0.455. The van der Waals surface area contributed by atoms with Crippen molar-refractivity contribution < 1.29 is 4.74 Å². The summed E-state index contributed by atoms with van der Waals surface area (Å²) in [4.78, 5) is 0. The Balaban J connectivity index is 2.62. The van der Waals surface area contributed by atoms with Gasteiger partial charge in [0, 0.05) is 13.1 Å². The SMILES string of the molecule is C=CC=C(C=C)C1CNCC(C)O1. The van der Waals surface area contributed by atoms with Crippen LogP contribution in [-0.2, 0) is 4.74 Å². The third kappa shape index (κ3) is 2.83. The minimum Gasteiger partial charge on any atom is -0.368 e. The topological polar surface area (TPSA) is 21.3 Å². The largest absolute Gasteiger partial charge is 0.368 e. The van der Waals surface area contributed by atoms with Crippen LogP contribution in [0.1, 0.15) is 6.92 Å². The molecule has 0 saturated carbocycles. The second kappa shape index (κ2) is 5.00. The summed E-state index contributed by atoms with van der Waals surface area (Å²) in [5.74, 6) is 0. The fourth-order valence-electron chi connectivity index (χ4n) is 1.43. The molecule has 0 aliphatic carbocycles. The van der Waals surface area contributed by atoms with Crippen LogP contribution >= 0.6 is 0 Å². The molecule has 1 N–H and O–H groups in total. The predicted molar refractivity (Wildman–Crippen MR) is 55.7 cm³/mol. The first-order chi connectivity index (χ1) is 6.27. The van der Waals surface area contributed by atoms with Crippen LogP contribution in [0, 0.1) is 0 Å². The summed E-state index contributed by atoms with van der Waals surface area (Å²) in [5, 5.41) is 3.31. The second-order valence-electron chi connectivity index (χ2n) is 3.20. The van der Waals surface area contributed by atoms with Gasteiger partial charge in [-0.1, -0.05) is 31.4 Å². The molecule has 1 rings (SSSR count). The van der Waals surface area contributed by atoms with Crippen LogP contribution in [0.15, 0.2) is 37.0 Å². The third-order valence-corrected chi connectivity index (χ3v) is 2.08. The van der Waals surface area contributed by atoms with E-state index in [0.717, 1.165) is 18.7 Å². The Hall–Kier alpha value is -0.860. The average Bonchev–Trinajstić information content (AvgIpc) is 2.14. The molecule has 2 heteroatoms. The first-order valence-electron chi connectivity index (χ1n) is 4.59. The maximum atomic E-state index is 5.74. The average molecular weight is 179 g/mol. The maximum absolute atomic E-state index is 5.74. The number of nitrogens with one attached hydrogen (secondary N) is 1. The third-order valence-electron chi connectivity index (χ3n) is 2.08. The fourth-order valence-corrected chi connectivity index (χ4v) is 1.43. The highest BCUT2D eigenvalue weighted by Crippen LogP contribution is 2.13. The molecule has 1 aliphatic heterocycles. The highest BCUT2D eigenvalue weighted by Gasteiger charge is 2.20. The van der Waals surface area contributed by atoms with Crippen LogP contribution < -0.4 is 5.32 Å². The summed E-state index contributed by atoms with van der Waals surface area (Å²) in [6.07, 6.45) is 5.93. The van der Waals surface area contributed by atoms with E-state index in [1.807, 2.05) is 12.2 Å². The van der Waals surface area contributed by atoms with E-state index in [4.69, 9.17) is 4.74 Å². The van der Waals surface area contributed by atoms with E-state index in [1.54, 1.807) is 6.08 Å². The zero-order chi connectivity index (χ0) is 9.68. The minimum atomic E-state index is 0.124. The molecule has 2 unspecified atom stereocenters.